The van der Waals surface area contributed by atoms with E-state index in [-0.39, 0.29) is 24.7 Å². The second-order valence-electron chi connectivity index (χ2n) is 16.9. The number of ether oxygens (including phenoxy) is 3. The van der Waals surface area contributed by atoms with Gasteiger partial charge in [-0.15, -0.1) is 0 Å². The van der Waals surface area contributed by atoms with Gasteiger partial charge in [0.1, 0.15) is 12.4 Å². The molecule has 1 atom stereocenters. The molecule has 13 nitrogen and oxygen atoms in total. The molecular weight excluding hydrogens is 725 g/mol. The minimum absolute atomic E-state index is 0.119. The molecule has 3 aromatic rings. The second-order valence-corrected chi connectivity index (χ2v) is 16.9. The second kappa shape index (κ2) is 15.7. The van der Waals surface area contributed by atoms with Crippen LogP contribution in [0.2, 0.25) is 0 Å². The van der Waals surface area contributed by atoms with Crippen LogP contribution in [0.4, 0.5) is 9.59 Å². The third-order valence-electron chi connectivity index (χ3n) is 13.8. The third-order valence-corrected chi connectivity index (χ3v) is 13.8. The number of carbonyl (C=O) groups is 3. The van der Waals surface area contributed by atoms with Crippen molar-refractivity contribution in [2.45, 2.75) is 122 Å². The number of piperidine rings is 4. The summed E-state index contributed by atoms with van der Waals surface area (Å²) in [6.07, 6.45) is 11.1. The highest BCUT2D eigenvalue weighted by molar-refractivity contribution is 5.91. The van der Waals surface area contributed by atoms with Crippen LogP contribution in [-0.4, -0.2) is 112 Å². The summed E-state index contributed by atoms with van der Waals surface area (Å²) in [7, 11) is 0. The monoisotopic (exact) mass is 780 g/mol. The number of fused-ring (bicyclic) bond motifs is 5. The van der Waals surface area contributed by atoms with Crippen molar-refractivity contribution in [2.24, 2.45) is 0 Å². The number of cyclic esters (lactones) is 1. The van der Waals surface area contributed by atoms with Crippen molar-refractivity contribution >= 4 is 29.1 Å². The van der Waals surface area contributed by atoms with E-state index >= 15 is 0 Å². The number of nitrogens with zero attached hydrogens (tertiary/aromatic N) is 6. The Morgan fingerprint density at radius 1 is 0.789 bits per heavy atom. The Morgan fingerprint density at radius 2 is 1.40 bits per heavy atom. The standard InChI is InChI=1S/C44H56N6O7/c1-3-32-33-25-31(56-42(53)48-21-13-29(14-22-48)46-17-7-5-8-18-46)11-12-37(33)45-39-34(32)27-50-38(39)26-36-35(40(50)51)28-55-41(52)44(36,4-2)57-43(54)49-23-15-30(16-24-49)47-19-9-6-10-20-47/h11-12,25-26,29-30H,3-10,13-24,27-28H2,1-2H3/t44-/m0/s1. The lowest BCUT2D eigenvalue weighted by Crippen LogP contribution is -2.52. The summed E-state index contributed by atoms with van der Waals surface area (Å²) in [6, 6.07) is 8.35. The summed E-state index contributed by atoms with van der Waals surface area (Å²) in [4.78, 5) is 68.9. The zero-order chi connectivity index (χ0) is 39.3. The maximum atomic E-state index is 14.3. The van der Waals surface area contributed by atoms with Crippen LogP contribution >= 0.6 is 0 Å². The van der Waals surface area contributed by atoms with Crippen LogP contribution < -0.4 is 10.3 Å². The van der Waals surface area contributed by atoms with E-state index < -0.39 is 17.7 Å². The molecule has 57 heavy (non-hydrogen) atoms. The van der Waals surface area contributed by atoms with Gasteiger partial charge in [-0.2, -0.15) is 0 Å². The van der Waals surface area contributed by atoms with E-state index in [1.54, 1.807) is 22.5 Å². The minimum Gasteiger partial charge on any atom is -0.457 e. The molecule has 0 unspecified atom stereocenters. The molecule has 4 saturated heterocycles. The van der Waals surface area contributed by atoms with E-state index in [2.05, 4.69) is 16.7 Å². The predicted molar refractivity (Wildman–Crippen MR) is 214 cm³/mol. The van der Waals surface area contributed by atoms with Crippen LogP contribution in [0, 0.1) is 0 Å². The Bertz CT molecular complexity index is 2110. The number of carbonyl (C=O) groups excluding carboxylic acids is 3. The van der Waals surface area contributed by atoms with Crippen molar-refractivity contribution in [3.8, 4) is 17.1 Å². The van der Waals surface area contributed by atoms with E-state index in [4.69, 9.17) is 19.2 Å². The normalized spacial score (nSPS) is 23.5. The van der Waals surface area contributed by atoms with E-state index in [0.29, 0.717) is 85.0 Å². The van der Waals surface area contributed by atoms with E-state index in [1.165, 1.54) is 38.5 Å². The Kier molecular flexibility index (Phi) is 10.5. The highest BCUT2D eigenvalue weighted by Crippen LogP contribution is 2.43. The summed E-state index contributed by atoms with van der Waals surface area (Å²) in [5.41, 5.74) is 2.56. The number of aryl methyl sites for hydroxylation is 1. The highest BCUT2D eigenvalue weighted by atomic mass is 16.6. The molecule has 8 heterocycles. The van der Waals surface area contributed by atoms with Crippen molar-refractivity contribution in [3.63, 3.8) is 0 Å². The number of esters is 1. The van der Waals surface area contributed by atoms with Crippen molar-refractivity contribution in [3.05, 3.63) is 56.9 Å². The molecule has 0 N–H and O–H groups in total. The average Bonchev–Trinajstić information content (AvgIpc) is 3.63. The van der Waals surface area contributed by atoms with Gasteiger partial charge in [0.05, 0.1) is 29.0 Å². The van der Waals surface area contributed by atoms with E-state index in [0.717, 1.165) is 68.4 Å². The van der Waals surface area contributed by atoms with Gasteiger partial charge < -0.3 is 38.4 Å². The summed E-state index contributed by atoms with van der Waals surface area (Å²) in [6.45, 7) is 11.0. The van der Waals surface area contributed by atoms with Crippen LogP contribution in [0.1, 0.15) is 107 Å². The van der Waals surface area contributed by atoms with Gasteiger partial charge in [-0.25, -0.2) is 19.4 Å². The topological polar surface area (TPSA) is 127 Å². The maximum Gasteiger partial charge on any atom is 0.415 e. The summed E-state index contributed by atoms with van der Waals surface area (Å²) in [5, 5.41) is 0.871. The van der Waals surface area contributed by atoms with Crippen molar-refractivity contribution in [1.29, 1.82) is 0 Å². The number of rotatable bonds is 6. The Hall–Kier alpha value is -4.49. The lowest BCUT2D eigenvalue weighted by Gasteiger charge is -2.41. The first-order valence-electron chi connectivity index (χ1n) is 21.6. The van der Waals surface area contributed by atoms with E-state index in [9.17, 15) is 19.2 Å². The first-order valence-corrected chi connectivity index (χ1v) is 21.6. The number of likely N-dealkylation sites (tertiary alicyclic amines) is 4. The molecule has 0 bridgehead atoms. The fraction of sp³-hybridized carbons (Fsp3) is 0.614. The molecule has 0 spiro atoms. The maximum absolute atomic E-state index is 14.3. The molecule has 6 aliphatic heterocycles. The predicted octanol–water partition coefficient (Wildman–Crippen LogP) is 6.19. The zero-order valence-electron chi connectivity index (χ0n) is 33.6. The molecule has 4 fully saturated rings. The number of pyridine rings is 2. The minimum atomic E-state index is -1.75. The lowest BCUT2D eigenvalue weighted by atomic mass is 9.85. The van der Waals surface area contributed by atoms with Crippen LogP contribution in [-0.2, 0) is 39.4 Å². The third kappa shape index (κ3) is 6.88. The smallest absolute Gasteiger partial charge is 0.415 e. The molecule has 6 aliphatic rings. The summed E-state index contributed by atoms with van der Waals surface area (Å²) < 4.78 is 19.5. The molecule has 0 aliphatic carbocycles. The SMILES string of the molecule is CCc1c2c(nc3ccc(OC(=O)N4CCC(N5CCCCC5)CC4)cc13)-c1cc3c(c(=O)n1C2)COC(=O)[C@@]3(CC)OC(=O)N1CCC(N2CCCCC2)CC1. The van der Waals surface area contributed by atoms with Gasteiger partial charge in [-0.05, 0) is 120 Å². The molecule has 0 saturated carbocycles. The van der Waals surface area contributed by atoms with Gasteiger partial charge in [-0.1, -0.05) is 26.7 Å². The molecular formula is C44H56N6O7. The van der Waals surface area contributed by atoms with Crippen LogP contribution in [0.3, 0.4) is 0 Å². The molecule has 1 aromatic carbocycles. The zero-order valence-corrected chi connectivity index (χ0v) is 33.6. The van der Waals surface area contributed by atoms with Crippen LogP contribution in [0.5, 0.6) is 5.75 Å². The van der Waals surface area contributed by atoms with Gasteiger partial charge in [0, 0.05) is 54.8 Å². The molecule has 13 heteroatoms. The van der Waals surface area contributed by atoms with Crippen LogP contribution in [0.25, 0.3) is 22.3 Å². The number of benzene rings is 1. The van der Waals surface area contributed by atoms with Gasteiger partial charge in [0.25, 0.3) is 5.56 Å². The summed E-state index contributed by atoms with van der Waals surface area (Å²) >= 11 is 0. The van der Waals surface area contributed by atoms with Gasteiger partial charge in [0.2, 0.25) is 5.60 Å². The first kappa shape index (κ1) is 38.1. The van der Waals surface area contributed by atoms with Gasteiger partial charge >= 0.3 is 18.2 Å². The average molecular weight is 781 g/mol. The number of hydrogen-bond acceptors (Lipinski definition) is 10. The number of hydrogen-bond donors (Lipinski definition) is 0. The molecule has 2 aromatic heterocycles. The quantitative estimate of drug-likeness (QED) is 0.209. The van der Waals surface area contributed by atoms with Crippen molar-refractivity contribution < 1.29 is 28.6 Å². The fourth-order valence-electron chi connectivity index (χ4n) is 10.5. The summed E-state index contributed by atoms with van der Waals surface area (Å²) in [5.74, 6) is -0.197. The number of aromatic nitrogens is 2. The Morgan fingerprint density at radius 3 is 2.00 bits per heavy atom. The molecule has 2 amide bonds. The van der Waals surface area contributed by atoms with E-state index in [1.807, 2.05) is 23.1 Å². The molecule has 9 rings (SSSR count). The molecule has 0 radical (unpaired) electrons. The lowest BCUT2D eigenvalue weighted by molar-refractivity contribution is -0.173. The fourth-order valence-corrected chi connectivity index (χ4v) is 10.5. The number of amides is 2. The van der Waals surface area contributed by atoms with Crippen molar-refractivity contribution in [1.82, 2.24) is 29.2 Å². The largest absolute Gasteiger partial charge is 0.457 e. The molecule has 304 valence electrons. The Balaban J connectivity index is 0.957. The van der Waals surface area contributed by atoms with Crippen LogP contribution in [0.15, 0.2) is 29.1 Å². The van der Waals surface area contributed by atoms with Crippen molar-refractivity contribution in [2.75, 3.05) is 52.4 Å². The highest BCUT2D eigenvalue weighted by Gasteiger charge is 2.51. The van der Waals surface area contributed by atoms with Gasteiger partial charge in [-0.3, -0.25) is 4.79 Å². The first-order chi connectivity index (χ1) is 27.8. The Labute approximate surface area is 334 Å². The van der Waals surface area contributed by atoms with Gasteiger partial charge in [0.15, 0.2) is 0 Å².